The van der Waals surface area contributed by atoms with E-state index in [0.717, 1.165) is 31.5 Å². The summed E-state index contributed by atoms with van der Waals surface area (Å²) in [5, 5.41) is 3.48. The van der Waals surface area contributed by atoms with E-state index in [1.54, 1.807) is 12.1 Å². The highest BCUT2D eigenvalue weighted by Crippen LogP contribution is 2.42. The zero-order valence-corrected chi connectivity index (χ0v) is 15.7. The zero-order chi connectivity index (χ0) is 18.1. The Balaban J connectivity index is 1.60. The molecule has 25 heavy (non-hydrogen) atoms. The van der Waals surface area contributed by atoms with Crippen LogP contribution in [0.1, 0.15) is 31.7 Å². The van der Waals surface area contributed by atoms with Gasteiger partial charge in [-0.15, -0.1) is 0 Å². The summed E-state index contributed by atoms with van der Waals surface area (Å²) in [5.74, 6) is 0.802. The van der Waals surface area contributed by atoms with Gasteiger partial charge in [0.2, 0.25) is 11.8 Å². The molecule has 1 N–H and O–H groups in total. The predicted molar refractivity (Wildman–Crippen MR) is 97.9 cm³/mol. The molecule has 1 saturated carbocycles. The highest BCUT2D eigenvalue weighted by atomic mass is 35.5. The van der Waals surface area contributed by atoms with E-state index >= 15 is 0 Å². The first-order chi connectivity index (χ1) is 11.9. The van der Waals surface area contributed by atoms with E-state index in [2.05, 4.69) is 12.2 Å². The number of nitrogens with zero attached hydrogens (tertiary/aromatic N) is 1. The Labute approximate surface area is 153 Å². The summed E-state index contributed by atoms with van der Waals surface area (Å²) in [6, 6.07) is 3.49. The number of aryl methyl sites for hydroxylation is 1. The Kier molecular flexibility index (Phi) is 5.23. The molecule has 0 bridgehead atoms. The van der Waals surface area contributed by atoms with Crippen molar-refractivity contribution in [2.75, 3.05) is 25.5 Å². The number of ether oxygens (including phenoxy) is 1. The van der Waals surface area contributed by atoms with Gasteiger partial charge < -0.3 is 15.0 Å². The number of rotatable bonds is 4. The minimum absolute atomic E-state index is 0.122. The van der Waals surface area contributed by atoms with E-state index in [1.807, 2.05) is 11.8 Å². The Bertz CT molecular complexity index is 683. The van der Waals surface area contributed by atoms with Gasteiger partial charge in [-0.1, -0.05) is 18.5 Å². The number of likely N-dealkylation sites (tertiary alicyclic amines) is 1. The van der Waals surface area contributed by atoms with Gasteiger partial charge in [-0.25, -0.2) is 0 Å². The van der Waals surface area contributed by atoms with Crippen molar-refractivity contribution in [2.45, 2.75) is 33.1 Å². The first kappa shape index (κ1) is 18.1. The lowest BCUT2D eigenvalue weighted by molar-refractivity contribution is -0.135. The van der Waals surface area contributed by atoms with Gasteiger partial charge in [-0.05, 0) is 43.7 Å². The summed E-state index contributed by atoms with van der Waals surface area (Å²) in [6.07, 6.45) is 2.73. The molecule has 2 fully saturated rings. The van der Waals surface area contributed by atoms with Crippen molar-refractivity contribution in [1.82, 2.24) is 4.90 Å². The van der Waals surface area contributed by atoms with Crippen LogP contribution in [0, 0.1) is 24.7 Å². The first-order valence-corrected chi connectivity index (χ1v) is 9.22. The van der Waals surface area contributed by atoms with Gasteiger partial charge in [0.05, 0.1) is 24.6 Å². The third-order valence-corrected chi connectivity index (χ3v) is 5.69. The molecule has 0 spiro atoms. The molecule has 6 heteroatoms. The van der Waals surface area contributed by atoms with Crippen LogP contribution >= 0.6 is 11.6 Å². The molecule has 1 aromatic carbocycles. The molecule has 2 aliphatic rings. The number of halogens is 1. The first-order valence-electron chi connectivity index (χ1n) is 8.84. The fourth-order valence-electron chi connectivity index (χ4n) is 3.38. The summed E-state index contributed by atoms with van der Waals surface area (Å²) in [7, 11) is 1.54. The smallest absolute Gasteiger partial charge is 0.228 e. The molecule has 1 heterocycles. The molecule has 5 nitrogen and oxygen atoms in total. The van der Waals surface area contributed by atoms with Gasteiger partial charge in [0.25, 0.3) is 0 Å². The van der Waals surface area contributed by atoms with E-state index in [4.69, 9.17) is 16.3 Å². The van der Waals surface area contributed by atoms with E-state index in [9.17, 15) is 9.59 Å². The Hall–Kier alpha value is -1.75. The topological polar surface area (TPSA) is 58.6 Å². The van der Waals surface area contributed by atoms with Crippen LogP contribution in [0.5, 0.6) is 5.75 Å². The maximum absolute atomic E-state index is 12.6. The number of nitrogens with one attached hydrogen (secondary N) is 1. The number of benzene rings is 1. The van der Waals surface area contributed by atoms with Crippen LogP contribution in [0.4, 0.5) is 5.69 Å². The second-order valence-corrected chi connectivity index (χ2v) is 7.65. The van der Waals surface area contributed by atoms with Crippen molar-refractivity contribution < 1.29 is 14.3 Å². The lowest BCUT2D eigenvalue weighted by Crippen LogP contribution is -2.39. The van der Waals surface area contributed by atoms with Gasteiger partial charge in [-0.3, -0.25) is 9.59 Å². The van der Waals surface area contributed by atoms with Crippen molar-refractivity contribution in [2.24, 2.45) is 17.8 Å². The molecule has 0 aromatic heterocycles. The van der Waals surface area contributed by atoms with E-state index in [0.29, 0.717) is 28.8 Å². The number of carbonyl (C=O) groups excluding carboxylic acids is 2. The monoisotopic (exact) mass is 364 g/mol. The third kappa shape index (κ3) is 3.92. The van der Waals surface area contributed by atoms with Crippen LogP contribution in [0.2, 0.25) is 5.02 Å². The summed E-state index contributed by atoms with van der Waals surface area (Å²) < 4.78 is 5.29. The molecular formula is C19H25ClN2O3. The summed E-state index contributed by atoms with van der Waals surface area (Å²) in [4.78, 5) is 27.0. The SMILES string of the molecule is COc1cc(Cl)c(C)cc1NC(=O)C1CC1C(=O)N1CCC(C)CC1. The molecule has 2 atom stereocenters. The Morgan fingerprint density at radius 3 is 2.56 bits per heavy atom. The normalized spacial score (nSPS) is 23.3. The van der Waals surface area contributed by atoms with Crippen molar-refractivity contribution in [1.29, 1.82) is 0 Å². The average molecular weight is 365 g/mol. The number of piperidine rings is 1. The number of hydrogen-bond donors (Lipinski definition) is 1. The second-order valence-electron chi connectivity index (χ2n) is 7.25. The van der Waals surface area contributed by atoms with Gasteiger partial charge >= 0.3 is 0 Å². The molecular weight excluding hydrogens is 340 g/mol. The minimum atomic E-state index is -0.243. The maximum atomic E-state index is 12.6. The lowest BCUT2D eigenvalue weighted by Gasteiger charge is -2.30. The summed E-state index contributed by atoms with van der Waals surface area (Å²) in [5.41, 5.74) is 1.46. The van der Waals surface area contributed by atoms with E-state index in [1.165, 1.54) is 7.11 Å². The minimum Gasteiger partial charge on any atom is -0.495 e. The summed E-state index contributed by atoms with van der Waals surface area (Å²) >= 11 is 6.09. The fourth-order valence-corrected chi connectivity index (χ4v) is 3.53. The van der Waals surface area contributed by atoms with Gasteiger partial charge in [0, 0.05) is 24.2 Å². The van der Waals surface area contributed by atoms with Gasteiger partial charge in [-0.2, -0.15) is 0 Å². The van der Waals surface area contributed by atoms with Gasteiger partial charge in [0.1, 0.15) is 5.75 Å². The second kappa shape index (κ2) is 7.24. The van der Waals surface area contributed by atoms with Gasteiger partial charge in [0.15, 0.2) is 0 Å². The van der Waals surface area contributed by atoms with Crippen LogP contribution in [0.3, 0.4) is 0 Å². The molecule has 136 valence electrons. The van der Waals surface area contributed by atoms with Crippen LogP contribution in [0.15, 0.2) is 12.1 Å². The molecule has 2 unspecified atom stereocenters. The number of anilines is 1. The van der Waals surface area contributed by atoms with Crippen molar-refractivity contribution in [3.05, 3.63) is 22.7 Å². The van der Waals surface area contributed by atoms with Crippen molar-refractivity contribution in [3.8, 4) is 5.75 Å². The Morgan fingerprint density at radius 1 is 1.24 bits per heavy atom. The molecule has 0 radical (unpaired) electrons. The highest BCUT2D eigenvalue weighted by molar-refractivity contribution is 6.31. The zero-order valence-electron chi connectivity index (χ0n) is 15.0. The van der Waals surface area contributed by atoms with E-state index in [-0.39, 0.29) is 23.7 Å². The van der Waals surface area contributed by atoms with Crippen LogP contribution in [-0.4, -0.2) is 36.9 Å². The standard InChI is InChI=1S/C19H25ClN2O3/c1-11-4-6-22(7-5-11)19(24)14-9-13(14)18(23)21-16-8-12(2)15(20)10-17(16)25-3/h8,10-11,13-14H,4-7,9H2,1-3H3,(H,21,23). The number of amides is 2. The quantitative estimate of drug-likeness (QED) is 0.889. The largest absolute Gasteiger partial charge is 0.495 e. The summed E-state index contributed by atoms with van der Waals surface area (Å²) in [6.45, 7) is 5.72. The van der Waals surface area contributed by atoms with Crippen molar-refractivity contribution >= 4 is 29.1 Å². The fraction of sp³-hybridized carbons (Fsp3) is 0.579. The maximum Gasteiger partial charge on any atom is 0.228 e. The Morgan fingerprint density at radius 2 is 1.92 bits per heavy atom. The van der Waals surface area contributed by atoms with E-state index < -0.39 is 0 Å². The molecule has 1 aliphatic carbocycles. The number of methoxy groups -OCH3 is 1. The predicted octanol–water partition coefficient (Wildman–Crippen LogP) is 3.49. The van der Waals surface area contributed by atoms with Crippen LogP contribution in [0.25, 0.3) is 0 Å². The van der Waals surface area contributed by atoms with Crippen LogP contribution < -0.4 is 10.1 Å². The number of carbonyl (C=O) groups is 2. The highest BCUT2D eigenvalue weighted by Gasteiger charge is 2.49. The lowest BCUT2D eigenvalue weighted by atomic mass is 9.99. The van der Waals surface area contributed by atoms with Crippen molar-refractivity contribution in [3.63, 3.8) is 0 Å². The average Bonchev–Trinajstić information content (AvgIpc) is 3.38. The number of hydrogen-bond acceptors (Lipinski definition) is 3. The molecule has 3 rings (SSSR count). The molecule has 1 aliphatic heterocycles. The molecule has 1 saturated heterocycles. The van der Waals surface area contributed by atoms with Crippen LogP contribution in [-0.2, 0) is 9.59 Å². The molecule has 1 aromatic rings. The third-order valence-electron chi connectivity index (χ3n) is 5.28. The molecule has 2 amide bonds.